The minimum absolute atomic E-state index is 0.00358. The van der Waals surface area contributed by atoms with Crippen LogP contribution in [0.25, 0.3) is 44.9 Å². The number of amidine groups is 1. The van der Waals surface area contributed by atoms with Crippen molar-refractivity contribution in [2.75, 3.05) is 0 Å². The van der Waals surface area contributed by atoms with E-state index in [2.05, 4.69) is 35.9 Å². The van der Waals surface area contributed by atoms with E-state index in [-0.39, 0.29) is 29.4 Å². The number of tetrazole rings is 1. The number of urea groups is 1. The number of aromatic nitrogens is 6. The first-order valence-electron chi connectivity index (χ1n) is 10.6. The third-order valence-corrected chi connectivity index (χ3v) is 5.64. The zero-order chi connectivity index (χ0) is 25.4. The molecule has 5 aromatic rings. The lowest BCUT2D eigenvalue weighted by molar-refractivity contribution is 0.248. The van der Waals surface area contributed by atoms with Gasteiger partial charge in [-0.05, 0) is 40.8 Å². The minimum Gasteiger partial charge on any atom is -0.507 e. The van der Waals surface area contributed by atoms with Gasteiger partial charge in [-0.2, -0.15) is 0 Å². The van der Waals surface area contributed by atoms with E-state index in [0.717, 1.165) is 0 Å². The fraction of sp³-hybridized carbons (Fsp3) is 0.0435. The highest BCUT2D eigenvalue weighted by atomic mass is 16.3. The van der Waals surface area contributed by atoms with E-state index < -0.39 is 6.03 Å². The lowest BCUT2D eigenvalue weighted by Crippen LogP contribution is -2.28. The number of hydrogen-bond donors (Lipinski definition) is 8. The van der Waals surface area contributed by atoms with Crippen LogP contribution in [0.2, 0.25) is 0 Å². The normalized spacial score (nSPS) is 11.0. The second-order valence-corrected chi connectivity index (χ2v) is 7.93. The first kappa shape index (κ1) is 22.3. The second kappa shape index (κ2) is 8.72. The third-order valence-electron chi connectivity index (χ3n) is 5.64. The molecule has 0 aliphatic heterocycles. The SMILES string of the molecule is N=C(N)c1ccc2[nH]c(-c3cc(-c4nnn[nH]4)cc(-c4cccc(CNC(N)=O)c4O)c3O)nc2c1. The van der Waals surface area contributed by atoms with Crippen LogP contribution >= 0.6 is 0 Å². The number of rotatable bonds is 6. The van der Waals surface area contributed by atoms with Gasteiger partial charge in [0.05, 0.1) is 16.6 Å². The molecule has 180 valence electrons. The molecule has 0 saturated heterocycles. The fourth-order valence-electron chi connectivity index (χ4n) is 3.87. The van der Waals surface area contributed by atoms with E-state index in [1.54, 1.807) is 48.5 Å². The standard InChI is InChI=1S/C23H20N10O3/c24-20(25)10-4-5-16-17(8-10)29-22(28-16)15-7-12(21-30-32-33-31-21)6-14(19(15)35)13-3-1-2-11(18(13)34)9-27-23(26)36/h1-8,34-35H,9H2,(H3,24,25)(H,28,29)(H3,26,27,36)(H,30,31,32,33). The van der Waals surface area contributed by atoms with Crippen LogP contribution in [0.4, 0.5) is 4.79 Å². The Hall–Kier alpha value is -5.46. The van der Waals surface area contributed by atoms with Crippen LogP contribution in [0.3, 0.4) is 0 Å². The summed E-state index contributed by atoms with van der Waals surface area (Å²) in [6.07, 6.45) is 0. The number of H-pyrrole nitrogens is 2. The van der Waals surface area contributed by atoms with Gasteiger partial charge >= 0.3 is 6.03 Å². The number of nitrogens with zero attached hydrogens (tertiary/aromatic N) is 4. The molecule has 13 nitrogen and oxygen atoms in total. The number of phenolic OH excluding ortho intramolecular Hbond substituents is 2. The Bertz CT molecular complexity index is 1630. The number of nitrogens with two attached hydrogens (primary N) is 2. The van der Waals surface area contributed by atoms with E-state index in [0.29, 0.717) is 50.5 Å². The third kappa shape index (κ3) is 4.00. The number of carbonyl (C=O) groups excluding carboxylic acids is 1. The number of fused-ring (bicyclic) bond motifs is 1. The van der Waals surface area contributed by atoms with E-state index >= 15 is 0 Å². The Labute approximate surface area is 202 Å². The summed E-state index contributed by atoms with van der Waals surface area (Å²) in [5, 5.41) is 46.3. The van der Waals surface area contributed by atoms with Crippen LogP contribution in [0, 0.1) is 5.41 Å². The molecule has 0 spiro atoms. The first-order valence-corrected chi connectivity index (χ1v) is 10.6. The minimum atomic E-state index is -0.734. The van der Waals surface area contributed by atoms with Crippen molar-refractivity contribution in [3.63, 3.8) is 0 Å². The number of imidazole rings is 1. The van der Waals surface area contributed by atoms with Crippen molar-refractivity contribution < 1.29 is 15.0 Å². The Kier molecular flexibility index (Phi) is 5.41. The topological polar surface area (TPSA) is 229 Å². The van der Waals surface area contributed by atoms with Gasteiger partial charge in [0.25, 0.3) is 0 Å². The Morgan fingerprint density at radius 3 is 2.53 bits per heavy atom. The molecule has 5 rings (SSSR count). The van der Waals surface area contributed by atoms with Crippen molar-refractivity contribution in [2.24, 2.45) is 11.5 Å². The van der Waals surface area contributed by atoms with Crippen LogP contribution < -0.4 is 16.8 Å². The quantitative estimate of drug-likeness (QED) is 0.131. The van der Waals surface area contributed by atoms with Crippen LogP contribution in [0.5, 0.6) is 11.5 Å². The number of aromatic hydroxyl groups is 2. The molecule has 0 radical (unpaired) electrons. The zero-order valence-electron chi connectivity index (χ0n) is 18.6. The number of carbonyl (C=O) groups is 1. The Morgan fingerprint density at radius 1 is 1.00 bits per heavy atom. The molecule has 3 aromatic carbocycles. The monoisotopic (exact) mass is 484 g/mol. The van der Waals surface area contributed by atoms with Gasteiger partial charge in [0.2, 0.25) is 0 Å². The molecule has 10 N–H and O–H groups in total. The number of phenols is 2. The molecule has 0 aliphatic carbocycles. The average molecular weight is 484 g/mol. The maximum atomic E-state index is 11.3. The second-order valence-electron chi connectivity index (χ2n) is 7.93. The summed E-state index contributed by atoms with van der Waals surface area (Å²) in [6, 6.07) is 12.6. The maximum absolute atomic E-state index is 11.3. The van der Waals surface area contributed by atoms with Crippen LogP contribution in [-0.2, 0) is 6.54 Å². The molecule has 0 fully saturated rings. The van der Waals surface area contributed by atoms with Gasteiger partial charge in [-0.15, -0.1) is 5.10 Å². The summed E-state index contributed by atoms with van der Waals surface area (Å²) < 4.78 is 0. The number of amides is 2. The predicted octanol–water partition coefficient (Wildman–Crippen LogP) is 1.94. The van der Waals surface area contributed by atoms with Gasteiger partial charge in [0.15, 0.2) is 5.82 Å². The number of nitrogens with one attached hydrogen (secondary N) is 4. The first-order chi connectivity index (χ1) is 17.3. The van der Waals surface area contributed by atoms with Gasteiger partial charge in [0.1, 0.15) is 23.2 Å². The molecule has 2 heterocycles. The molecule has 0 bridgehead atoms. The van der Waals surface area contributed by atoms with E-state index in [1.165, 1.54) is 0 Å². The molecule has 13 heteroatoms. The van der Waals surface area contributed by atoms with Crippen molar-refractivity contribution >= 4 is 22.9 Å². The van der Waals surface area contributed by atoms with Crippen molar-refractivity contribution in [1.82, 2.24) is 35.9 Å². The van der Waals surface area contributed by atoms with Gasteiger partial charge in [-0.1, -0.05) is 18.2 Å². The smallest absolute Gasteiger partial charge is 0.312 e. The molecule has 2 amide bonds. The van der Waals surface area contributed by atoms with Crippen molar-refractivity contribution in [2.45, 2.75) is 6.54 Å². The number of hydrogen-bond acceptors (Lipinski definition) is 8. The molecule has 0 atom stereocenters. The summed E-state index contributed by atoms with van der Waals surface area (Å²) >= 11 is 0. The fourth-order valence-corrected chi connectivity index (χ4v) is 3.87. The number of benzene rings is 3. The van der Waals surface area contributed by atoms with Crippen molar-refractivity contribution in [3.05, 3.63) is 59.7 Å². The number of para-hydroxylation sites is 1. The molecule has 36 heavy (non-hydrogen) atoms. The molecule has 2 aromatic heterocycles. The summed E-state index contributed by atoms with van der Waals surface area (Å²) in [4.78, 5) is 18.9. The Morgan fingerprint density at radius 2 is 1.81 bits per heavy atom. The lowest BCUT2D eigenvalue weighted by atomic mass is 9.95. The summed E-state index contributed by atoms with van der Waals surface area (Å²) in [6.45, 7) is -0.00358. The highest BCUT2D eigenvalue weighted by Gasteiger charge is 2.21. The molecule has 0 aliphatic rings. The van der Waals surface area contributed by atoms with Gasteiger partial charge in [-0.25, -0.2) is 14.9 Å². The van der Waals surface area contributed by atoms with Crippen LogP contribution in [0.15, 0.2) is 48.5 Å². The van der Waals surface area contributed by atoms with Crippen molar-refractivity contribution in [3.8, 4) is 45.4 Å². The largest absolute Gasteiger partial charge is 0.507 e. The van der Waals surface area contributed by atoms with Gasteiger partial charge in [-0.3, -0.25) is 5.41 Å². The van der Waals surface area contributed by atoms with Crippen LogP contribution in [0.1, 0.15) is 11.1 Å². The van der Waals surface area contributed by atoms with E-state index in [9.17, 15) is 15.0 Å². The zero-order valence-corrected chi connectivity index (χ0v) is 18.6. The average Bonchev–Trinajstić information content (AvgIpc) is 3.53. The van der Waals surface area contributed by atoms with Gasteiger partial charge in [0, 0.05) is 34.4 Å². The van der Waals surface area contributed by atoms with E-state index in [1.807, 2.05) is 0 Å². The number of primary amides is 1. The highest BCUT2D eigenvalue weighted by Crippen LogP contribution is 2.44. The number of aromatic amines is 2. The predicted molar refractivity (Wildman–Crippen MR) is 131 cm³/mol. The molecular weight excluding hydrogens is 464 g/mol. The van der Waals surface area contributed by atoms with Gasteiger partial charge < -0.3 is 32.0 Å². The summed E-state index contributed by atoms with van der Waals surface area (Å²) in [5.74, 6) is 0.277. The molecule has 0 unspecified atom stereocenters. The van der Waals surface area contributed by atoms with Crippen molar-refractivity contribution in [1.29, 1.82) is 5.41 Å². The molecular formula is C23H20N10O3. The van der Waals surface area contributed by atoms with E-state index in [4.69, 9.17) is 16.9 Å². The highest BCUT2D eigenvalue weighted by molar-refractivity contribution is 5.98. The number of nitrogen functional groups attached to an aromatic ring is 1. The summed E-state index contributed by atoms with van der Waals surface area (Å²) in [7, 11) is 0. The maximum Gasteiger partial charge on any atom is 0.312 e. The van der Waals surface area contributed by atoms with Crippen LogP contribution in [-0.4, -0.2) is 52.7 Å². The Balaban J connectivity index is 1.70. The summed E-state index contributed by atoms with van der Waals surface area (Å²) in [5.41, 5.74) is 14.3. The lowest BCUT2D eigenvalue weighted by Gasteiger charge is -2.14. The molecule has 0 saturated carbocycles.